The smallest absolute Gasteiger partial charge is 0.414 e. The minimum Gasteiger partial charge on any atom is -0.463 e. The van der Waals surface area contributed by atoms with Gasteiger partial charge in [0.2, 0.25) is 5.91 Å². The molecule has 7 N–H and O–H groups in total. The molecule has 2 saturated heterocycles. The van der Waals surface area contributed by atoms with Crippen molar-refractivity contribution in [1.82, 2.24) is 65.1 Å². The molecule has 0 unspecified atom stereocenters. The van der Waals surface area contributed by atoms with E-state index in [0.717, 1.165) is 80.6 Å². The molecule has 15 heterocycles. The summed E-state index contributed by atoms with van der Waals surface area (Å²) in [7, 11) is 4.07. The molecule has 0 bridgehead atoms. The number of alkyl carbamates (subject to hydrolysis) is 2. The van der Waals surface area contributed by atoms with E-state index >= 15 is 0 Å². The Hall–Kier alpha value is -13.2. The number of esters is 1. The number of para-hydroxylation sites is 2. The maximum Gasteiger partial charge on any atom is 0.414 e. The molecule has 46 heteroatoms. The van der Waals surface area contributed by atoms with Crippen LogP contribution < -0.4 is 37.2 Å². The normalized spacial score (nSPS) is 12.9. The molecule has 36 nitrogen and oxygen atoms in total. The van der Waals surface area contributed by atoms with E-state index < -0.39 is 54.0 Å². The number of nitrogens with zero attached hydrogens (tertiary/aromatic N) is 12. The highest BCUT2D eigenvalue weighted by Gasteiger charge is 2.33. The second-order valence-electron chi connectivity index (χ2n) is 29.2. The van der Waals surface area contributed by atoms with Gasteiger partial charge in [-0.25, -0.2) is 44.5 Å². The van der Waals surface area contributed by atoms with Gasteiger partial charge in [0.15, 0.2) is 30.8 Å². The number of ketones is 1. The van der Waals surface area contributed by atoms with Gasteiger partial charge >= 0.3 is 18.2 Å². The summed E-state index contributed by atoms with van der Waals surface area (Å²) in [6.07, 6.45) is 0.649. The van der Waals surface area contributed by atoms with Crippen LogP contribution in [0.15, 0.2) is 130 Å². The van der Waals surface area contributed by atoms with Gasteiger partial charge in [-0.2, -0.15) is 5.26 Å². The number of amides is 12. The number of hydrogen-bond donors (Lipinski definition) is 7. The number of hydrogen-bond acceptors (Lipinski definition) is 37. The summed E-state index contributed by atoms with van der Waals surface area (Å²) in [5.41, 5.74) is 6.29. The van der Waals surface area contributed by atoms with Gasteiger partial charge in [0.1, 0.15) is 58.2 Å². The van der Waals surface area contributed by atoms with E-state index in [9.17, 15) is 67.1 Å². The summed E-state index contributed by atoms with van der Waals surface area (Å²) < 4.78 is 16.4. The first kappa shape index (κ1) is 96.4. The molecule has 3 aliphatic rings. The molecular formula is C86H79N19O17S10. The zero-order valence-corrected chi connectivity index (χ0v) is 79.4. The lowest BCUT2D eigenvalue weighted by atomic mass is 10.1. The number of likely N-dealkylation sites (tertiary alicyclic amines) is 1. The Morgan fingerprint density at radius 2 is 0.939 bits per heavy atom. The van der Waals surface area contributed by atoms with E-state index in [4.69, 9.17) is 14.7 Å². The number of ether oxygens (including phenoxy) is 3. The minimum absolute atomic E-state index is 0.0288. The van der Waals surface area contributed by atoms with Gasteiger partial charge in [-0.05, 0) is 168 Å². The van der Waals surface area contributed by atoms with Crippen LogP contribution >= 0.6 is 113 Å². The number of aryl methyl sites for hydroxylation is 1. The molecule has 2 fully saturated rings. The van der Waals surface area contributed by atoms with E-state index in [1.807, 2.05) is 84.9 Å². The van der Waals surface area contributed by atoms with Crippen molar-refractivity contribution in [2.75, 3.05) is 86.6 Å². The van der Waals surface area contributed by atoms with Crippen LogP contribution in [0.2, 0.25) is 0 Å². The lowest BCUT2D eigenvalue weighted by Gasteiger charge is -2.32. The third-order valence-electron chi connectivity index (χ3n) is 18.8. The second-order valence-corrected chi connectivity index (χ2v) is 38.9. The number of thiazole rings is 5. The van der Waals surface area contributed by atoms with Crippen molar-refractivity contribution in [3.63, 3.8) is 0 Å². The van der Waals surface area contributed by atoms with Crippen molar-refractivity contribution in [2.24, 2.45) is 0 Å². The number of likely N-dealkylation sites (N-methyl/N-ethyl adjacent to an activating group) is 2. The fourth-order valence-corrected chi connectivity index (χ4v) is 20.8. The number of carbonyl (C=O) groups is 14. The molecule has 2 aromatic carbocycles. The largest absolute Gasteiger partial charge is 0.463 e. The van der Waals surface area contributed by atoms with E-state index in [0.29, 0.717) is 110 Å². The number of fused-ring (bicyclic) bond motifs is 5. The first-order valence-electron chi connectivity index (χ1n) is 40.2. The number of rotatable bonds is 20. The number of Topliss-reactive ketones (excluding diaryl/α,β-unsaturated/α-hetero) is 1. The Balaban J connectivity index is 0.000000140. The van der Waals surface area contributed by atoms with Gasteiger partial charge < -0.3 is 55.5 Å². The molecule has 0 radical (unpaired) electrons. The number of aromatic nitrogens is 7. The number of imide groups is 3. The Bertz CT molecular complexity index is 6710. The van der Waals surface area contributed by atoms with Crippen molar-refractivity contribution in [2.45, 2.75) is 86.0 Å². The van der Waals surface area contributed by atoms with Gasteiger partial charge in [0.05, 0.1) is 78.3 Å². The van der Waals surface area contributed by atoms with Crippen molar-refractivity contribution >= 4 is 263 Å². The standard InChI is InChI=1S/C18H14N4O4S2.C18H18N4O2S2.C17H20N4O4S2.C17H13N3O3S2.C16H14N4O4S2/c1-9(2)26-14(24)6-13(23)11-3-4-27-16(11)22-15(25)18-21-12-5-10(7-19)8-20-17(12)28-18;1-21-7-9-22(10-8-21)18(24)12-6-11-25-16(12)20-15(23)17-19-13-4-2-3-5-14(13)26-17;1-9(2)25-17(24)20-13(22)10-5-7-26-15(10)19-14(23)16-18-11-8-21(3)6-4-12(11)27-16;21-13-6-3-8-20(13)17(23)10-7-9-24-15(10)19-14(22)16-18-11-4-1-2-5-12(11)25-16;1-3-24-16(23)20-11(21)9-6-7-25-13(9)19-12(22)15-18-10-5-4-8(2)17-14(10)26-15/h3-5,8-9H,6H2,1-2H3,(H,22,25);2-6,11H,7-10H2,1H3,(H,20,23);5,7,9H,4,6,8H2,1-3H3,(H,19,23)(H,20,22,24);1-2,4-5,7,9H,3,6,8H2,(H,19,22);4-7H,3H2,1-2H3,(H,19,22)(H,20,21,23). The van der Waals surface area contributed by atoms with Gasteiger partial charge in [0, 0.05) is 69.0 Å². The quantitative estimate of drug-likeness (QED) is 0.0122. The SMILES string of the molecule is CC(C)OC(=O)CC(=O)c1ccsc1NC(=O)c1nc2cc(C#N)cnc2s1.CC(C)OC(=O)NC(=O)c1ccsc1NC(=O)c1nc2c(s1)CCN(C)C2.CCOC(=O)NC(=O)c1ccsc1NC(=O)c1nc2ccc(C)nc2s1.CN1CCN(C(=O)c2ccsc2NC(=O)c2nc3ccccc3s2)CC1.O=C(Nc1sccc1C(=O)N1CCCC1=O)c1nc2ccccc2s1. The van der Waals surface area contributed by atoms with Crippen LogP contribution in [0.1, 0.15) is 177 Å². The molecule has 0 spiro atoms. The van der Waals surface area contributed by atoms with Crippen molar-refractivity contribution in [3.05, 3.63) is 205 Å². The molecule has 680 valence electrons. The monoisotopic (exact) mass is 1970 g/mol. The first-order valence-corrected chi connectivity index (χ1v) is 48.7. The Morgan fingerprint density at radius 1 is 0.470 bits per heavy atom. The number of benzene rings is 2. The Kier molecular flexibility index (Phi) is 32.6. The highest BCUT2D eigenvalue weighted by atomic mass is 32.1. The molecule has 14 aromatic rings. The predicted molar refractivity (Wildman–Crippen MR) is 509 cm³/mol. The lowest BCUT2D eigenvalue weighted by molar-refractivity contribution is -0.146. The van der Waals surface area contributed by atoms with Crippen molar-refractivity contribution in [1.29, 1.82) is 5.26 Å². The third kappa shape index (κ3) is 24.9. The third-order valence-corrected chi connectivity index (χ3v) is 28.1. The maximum atomic E-state index is 12.8. The minimum atomic E-state index is -0.839. The summed E-state index contributed by atoms with van der Waals surface area (Å²) in [4.78, 5) is 211. The van der Waals surface area contributed by atoms with Crippen LogP contribution in [0.4, 0.5) is 34.6 Å². The van der Waals surface area contributed by atoms with E-state index in [1.54, 1.807) is 92.5 Å². The fraction of sp³-hybridized carbons (Fsp3) is 0.256. The van der Waals surface area contributed by atoms with Crippen molar-refractivity contribution in [3.8, 4) is 6.07 Å². The molecule has 12 amide bonds. The number of carbonyl (C=O) groups excluding carboxylic acids is 14. The second kappa shape index (κ2) is 44.6. The molecular weight excluding hydrogens is 1890 g/mol. The van der Waals surface area contributed by atoms with E-state index in [1.165, 1.54) is 119 Å². The van der Waals surface area contributed by atoms with Crippen LogP contribution in [-0.4, -0.2) is 210 Å². The molecule has 12 aromatic heterocycles. The number of pyridine rings is 2. The average Bonchev–Trinajstić information content (AvgIpc) is 1.67. The molecule has 132 heavy (non-hydrogen) atoms. The number of thiophene rings is 5. The summed E-state index contributed by atoms with van der Waals surface area (Å²) in [6, 6.07) is 30.3. The number of piperazine rings is 1. The van der Waals surface area contributed by atoms with Crippen LogP contribution in [0.5, 0.6) is 0 Å². The number of nitriles is 1. The summed E-state index contributed by atoms with van der Waals surface area (Å²) in [6.45, 7) is 15.7. The molecule has 0 saturated carbocycles. The topological polar surface area (TPSA) is 478 Å². The Labute approximate surface area is 791 Å². The lowest BCUT2D eigenvalue weighted by Crippen LogP contribution is -2.47. The van der Waals surface area contributed by atoms with Crippen LogP contribution in [-0.2, 0) is 36.8 Å². The summed E-state index contributed by atoms with van der Waals surface area (Å²) >= 11 is 12.4. The number of nitrogens with one attached hydrogen (secondary N) is 7. The average molecular weight is 1970 g/mol. The summed E-state index contributed by atoms with van der Waals surface area (Å²) in [5, 5.41) is 38.9. The fourth-order valence-electron chi connectivity index (χ4n) is 12.5. The maximum absolute atomic E-state index is 12.8. The molecule has 3 aliphatic heterocycles. The van der Waals surface area contributed by atoms with Crippen molar-refractivity contribution < 1.29 is 81.3 Å². The zero-order valence-electron chi connectivity index (χ0n) is 71.2. The summed E-state index contributed by atoms with van der Waals surface area (Å²) in [5.74, 6) is -4.83. The van der Waals surface area contributed by atoms with Gasteiger partial charge in [-0.15, -0.1) is 90.7 Å². The van der Waals surface area contributed by atoms with Crippen LogP contribution in [0.25, 0.3) is 41.1 Å². The molecule has 0 aliphatic carbocycles. The highest BCUT2D eigenvalue weighted by Crippen LogP contribution is 2.35. The first-order chi connectivity index (χ1) is 63.4. The van der Waals surface area contributed by atoms with Gasteiger partial charge in [-0.3, -0.25) is 73.1 Å². The Morgan fingerprint density at radius 3 is 1.45 bits per heavy atom. The predicted octanol–water partition coefficient (Wildman–Crippen LogP) is 15.7. The van der Waals surface area contributed by atoms with E-state index in [2.05, 4.69) is 93.7 Å². The zero-order chi connectivity index (χ0) is 94.0. The van der Waals surface area contributed by atoms with Crippen LogP contribution in [0, 0.1) is 18.3 Å². The highest BCUT2D eigenvalue weighted by molar-refractivity contribution is 7.22. The molecule has 0 atom stereocenters. The van der Waals surface area contributed by atoms with Gasteiger partial charge in [-0.1, -0.05) is 46.9 Å². The number of anilines is 5. The van der Waals surface area contributed by atoms with Crippen LogP contribution in [0.3, 0.4) is 0 Å². The van der Waals surface area contributed by atoms with Gasteiger partial charge in [0.25, 0.3) is 53.2 Å². The molecule has 17 rings (SSSR count). The van der Waals surface area contributed by atoms with E-state index in [-0.39, 0.29) is 81.0 Å².